The topological polar surface area (TPSA) is 58.2 Å². The van der Waals surface area contributed by atoms with E-state index in [1.165, 1.54) is 43.4 Å². The minimum Gasteiger partial charge on any atom is -0.319 e. The zero-order chi connectivity index (χ0) is 15.1. The first-order chi connectivity index (χ1) is 10.1. The molecule has 0 radical (unpaired) electrons. The molecule has 2 rings (SSSR count). The van der Waals surface area contributed by atoms with Gasteiger partial charge in [-0.1, -0.05) is 32.1 Å². The third-order valence-corrected chi connectivity index (χ3v) is 7.19. The van der Waals surface area contributed by atoms with Gasteiger partial charge in [-0.15, -0.1) is 11.3 Å². The first-order valence-corrected chi connectivity index (χ1v) is 10.1. The fraction of sp³-hybridized carbons (Fsp3) is 0.733. The summed E-state index contributed by atoms with van der Waals surface area (Å²) in [5.41, 5.74) is 0. The third kappa shape index (κ3) is 5.36. The lowest BCUT2D eigenvalue weighted by Crippen LogP contribution is -2.26. The minimum absolute atomic E-state index is 0.442. The van der Waals surface area contributed by atoms with Gasteiger partial charge < -0.3 is 5.32 Å². The second-order valence-corrected chi connectivity index (χ2v) is 8.93. The Balaban J connectivity index is 1.81. The van der Waals surface area contributed by atoms with Crippen molar-refractivity contribution in [1.82, 2.24) is 10.0 Å². The van der Waals surface area contributed by atoms with E-state index in [1.807, 2.05) is 13.1 Å². The van der Waals surface area contributed by atoms with Gasteiger partial charge in [0.15, 0.2) is 0 Å². The van der Waals surface area contributed by atoms with Crippen molar-refractivity contribution in [2.75, 3.05) is 20.1 Å². The van der Waals surface area contributed by atoms with Crippen LogP contribution in [0.15, 0.2) is 16.3 Å². The van der Waals surface area contributed by atoms with Crippen LogP contribution >= 0.6 is 11.3 Å². The lowest BCUT2D eigenvalue weighted by atomic mass is 9.87. The Labute approximate surface area is 132 Å². The van der Waals surface area contributed by atoms with Gasteiger partial charge in [0.25, 0.3) is 0 Å². The number of thiophene rings is 1. The highest BCUT2D eigenvalue weighted by Gasteiger charge is 2.18. The Kier molecular flexibility index (Phi) is 6.67. The van der Waals surface area contributed by atoms with Crippen molar-refractivity contribution >= 4 is 21.4 Å². The number of hydrogen-bond donors (Lipinski definition) is 2. The fourth-order valence-corrected chi connectivity index (χ4v) is 5.28. The molecule has 2 N–H and O–H groups in total. The van der Waals surface area contributed by atoms with E-state index in [0.717, 1.165) is 24.3 Å². The second kappa shape index (κ2) is 8.27. The first-order valence-electron chi connectivity index (χ1n) is 7.85. The Morgan fingerprint density at radius 2 is 1.95 bits per heavy atom. The van der Waals surface area contributed by atoms with E-state index < -0.39 is 10.0 Å². The van der Waals surface area contributed by atoms with Crippen molar-refractivity contribution in [3.8, 4) is 0 Å². The molecule has 0 aliphatic heterocycles. The Morgan fingerprint density at radius 1 is 1.19 bits per heavy atom. The van der Waals surface area contributed by atoms with Gasteiger partial charge in [-0.05, 0) is 44.5 Å². The maximum absolute atomic E-state index is 12.2. The molecule has 1 aromatic rings. The average Bonchev–Trinajstić information content (AvgIpc) is 2.96. The van der Waals surface area contributed by atoms with Crippen LogP contribution in [0.1, 0.15) is 43.4 Å². The summed E-state index contributed by atoms with van der Waals surface area (Å²) in [4.78, 5) is 1.11. The smallest absolute Gasteiger partial charge is 0.250 e. The molecule has 1 aliphatic carbocycles. The standard InChI is InChI=1S/C15H26N2O2S2/c1-16-11-10-14-7-8-15(20-14)21(18,19)17-12-9-13-5-3-2-4-6-13/h7-8,13,16-17H,2-6,9-12H2,1H3. The molecule has 0 unspecified atom stereocenters. The quantitative estimate of drug-likeness (QED) is 0.770. The van der Waals surface area contributed by atoms with Gasteiger partial charge >= 0.3 is 0 Å². The van der Waals surface area contributed by atoms with E-state index in [2.05, 4.69) is 10.0 Å². The molecule has 1 heterocycles. The van der Waals surface area contributed by atoms with Crippen LogP contribution in [0.5, 0.6) is 0 Å². The van der Waals surface area contributed by atoms with Gasteiger partial charge in [0, 0.05) is 11.4 Å². The third-order valence-electron chi connectivity index (χ3n) is 4.09. The fourth-order valence-electron chi connectivity index (χ4n) is 2.83. The maximum atomic E-state index is 12.2. The number of sulfonamides is 1. The molecular formula is C15H26N2O2S2. The van der Waals surface area contributed by atoms with E-state index in [1.54, 1.807) is 6.07 Å². The van der Waals surface area contributed by atoms with Gasteiger partial charge in [0.2, 0.25) is 10.0 Å². The zero-order valence-electron chi connectivity index (χ0n) is 12.7. The van der Waals surface area contributed by atoms with Crippen LogP contribution in [-0.4, -0.2) is 28.6 Å². The molecule has 0 amide bonds. The molecule has 0 bridgehead atoms. The predicted octanol–water partition coefficient (Wildman–Crippen LogP) is 2.76. The van der Waals surface area contributed by atoms with Crippen LogP contribution in [0.4, 0.5) is 0 Å². The summed E-state index contributed by atoms with van der Waals surface area (Å²) >= 11 is 1.38. The van der Waals surface area contributed by atoms with Crippen LogP contribution in [-0.2, 0) is 16.4 Å². The van der Waals surface area contributed by atoms with E-state index in [9.17, 15) is 8.42 Å². The molecule has 0 saturated heterocycles. The van der Waals surface area contributed by atoms with Crippen molar-refractivity contribution in [2.45, 2.75) is 49.2 Å². The zero-order valence-corrected chi connectivity index (χ0v) is 14.4. The van der Waals surface area contributed by atoms with E-state index >= 15 is 0 Å². The molecule has 6 heteroatoms. The molecule has 0 atom stereocenters. The summed E-state index contributed by atoms with van der Waals surface area (Å²) in [5.74, 6) is 0.705. The summed E-state index contributed by atoms with van der Waals surface area (Å²) in [6.45, 7) is 1.44. The van der Waals surface area contributed by atoms with E-state index in [0.29, 0.717) is 16.7 Å². The van der Waals surface area contributed by atoms with Crippen molar-refractivity contribution in [1.29, 1.82) is 0 Å². The Hall–Kier alpha value is -0.430. The van der Waals surface area contributed by atoms with Crippen molar-refractivity contribution in [2.24, 2.45) is 5.92 Å². The lowest BCUT2D eigenvalue weighted by molar-refractivity contribution is 0.340. The normalized spacial score (nSPS) is 17.2. The van der Waals surface area contributed by atoms with Crippen molar-refractivity contribution in [3.63, 3.8) is 0 Å². The van der Waals surface area contributed by atoms with Crippen molar-refractivity contribution < 1.29 is 8.42 Å². The second-order valence-electron chi connectivity index (χ2n) is 5.76. The molecule has 1 fully saturated rings. The number of likely N-dealkylation sites (N-methyl/N-ethyl adjacent to an activating group) is 1. The van der Waals surface area contributed by atoms with Gasteiger partial charge in [-0.25, -0.2) is 13.1 Å². The van der Waals surface area contributed by atoms with Crippen LogP contribution in [0.3, 0.4) is 0 Å². The lowest BCUT2D eigenvalue weighted by Gasteiger charge is -2.21. The van der Waals surface area contributed by atoms with Crippen LogP contribution in [0.25, 0.3) is 0 Å². The highest BCUT2D eigenvalue weighted by molar-refractivity contribution is 7.91. The average molecular weight is 331 g/mol. The predicted molar refractivity (Wildman–Crippen MR) is 88.3 cm³/mol. The van der Waals surface area contributed by atoms with Gasteiger partial charge in [0.05, 0.1) is 0 Å². The van der Waals surface area contributed by atoms with Gasteiger partial charge in [-0.3, -0.25) is 0 Å². The summed E-state index contributed by atoms with van der Waals surface area (Å²) in [6, 6.07) is 3.64. The summed E-state index contributed by atoms with van der Waals surface area (Å²) in [7, 11) is -1.42. The Morgan fingerprint density at radius 3 is 2.67 bits per heavy atom. The van der Waals surface area contributed by atoms with E-state index in [4.69, 9.17) is 0 Å². The van der Waals surface area contributed by atoms with Gasteiger partial charge in [0.1, 0.15) is 4.21 Å². The highest BCUT2D eigenvalue weighted by atomic mass is 32.2. The molecule has 0 aromatic carbocycles. The number of rotatable bonds is 8. The molecule has 120 valence electrons. The summed E-state index contributed by atoms with van der Waals surface area (Å²) in [6.07, 6.45) is 8.31. The van der Waals surface area contributed by atoms with Crippen LogP contribution in [0.2, 0.25) is 0 Å². The molecule has 1 saturated carbocycles. The monoisotopic (exact) mass is 330 g/mol. The van der Waals surface area contributed by atoms with E-state index in [-0.39, 0.29) is 0 Å². The molecule has 4 nitrogen and oxygen atoms in total. The van der Waals surface area contributed by atoms with Gasteiger partial charge in [-0.2, -0.15) is 0 Å². The molecule has 1 aromatic heterocycles. The summed E-state index contributed by atoms with van der Waals surface area (Å²) < 4.78 is 27.7. The SMILES string of the molecule is CNCCc1ccc(S(=O)(=O)NCCC2CCCCC2)s1. The molecule has 21 heavy (non-hydrogen) atoms. The Bertz CT molecular complexity index is 520. The molecule has 0 spiro atoms. The van der Waals surface area contributed by atoms with Crippen molar-refractivity contribution in [3.05, 3.63) is 17.0 Å². The first kappa shape index (κ1) is 16.9. The van der Waals surface area contributed by atoms with Crippen LogP contribution < -0.4 is 10.0 Å². The van der Waals surface area contributed by atoms with Crippen LogP contribution in [0, 0.1) is 5.92 Å². The number of nitrogens with one attached hydrogen (secondary N) is 2. The summed E-state index contributed by atoms with van der Waals surface area (Å²) in [5, 5.41) is 3.08. The molecule has 1 aliphatic rings. The number of hydrogen-bond acceptors (Lipinski definition) is 4. The maximum Gasteiger partial charge on any atom is 0.250 e. The molecular weight excluding hydrogens is 304 g/mol. The minimum atomic E-state index is -3.32. The largest absolute Gasteiger partial charge is 0.319 e. The highest BCUT2D eigenvalue weighted by Crippen LogP contribution is 2.26.